The van der Waals surface area contributed by atoms with E-state index >= 15 is 0 Å². The van der Waals surface area contributed by atoms with Crippen LogP contribution in [0.15, 0.2) is 0 Å². The summed E-state index contributed by atoms with van der Waals surface area (Å²) in [6.07, 6.45) is 2.54. The molecule has 0 aliphatic heterocycles. The molecule has 1 aromatic rings. The molecule has 2 rings (SSSR count). The number of carbonyl (C=O) groups is 1. The van der Waals surface area contributed by atoms with Crippen LogP contribution >= 0.6 is 11.3 Å². The first-order chi connectivity index (χ1) is 7.08. The molecule has 1 aromatic heterocycles. The summed E-state index contributed by atoms with van der Waals surface area (Å²) in [6, 6.07) is 0.400. The number of aryl methyl sites for hydroxylation is 1. The Morgan fingerprint density at radius 3 is 2.80 bits per heavy atom. The van der Waals surface area contributed by atoms with Gasteiger partial charge in [0.15, 0.2) is 10.8 Å². The molecule has 0 spiro atoms. The summed E-state index contributed by atoms with van der Waals surface area (Å²) in [5.74, 6) is -0.210. The number of nitrogens with zero attached hydrogens (tertiary/aromatic N) is 1. The van der Waals surface area contributed by atoms with Crippen molar-refractivity contribution in [2.45, 2.75) is 32.7 Å². The quantitative estimate of drug-likeness (QED) is 0.827. The second-order valence-corrected chi connectivity index (χ2v) is 5.20. The van der Waals surface area contributed by atoms with Crippen molar-refractivity contribution in [3.05, 3.63) is 10.6 Å². The van der Waals surface area contributed by atoms with E-state index in [9.17, 15) is 4.79 Å². The van der Waals surface area contributed by atoms with Gasteiger partial charge in [0, 0.05) is 10.9 Å². The number of hydrogen-bond acceptors (Lipinski definition) is 4. The van der Waals surface area contributed by atoms with E-state index in [0.717, 1.165) is 15.9 Å². The molecule has 1 aliphatic rings. The SMILES string of the molecule is Cc1sc(NC(C)C2CC2)nc1C(=O)O. The number of thiazole rings is 1. The summed E-state index contributed by atoms with van der Waals surface area (Å²) in [4.78, 5) is 15.6. The van der Waals surface area contributed by atoms with Gasteiger partial charge in [-0.1, -0.05) is 0 Å². The molecule has 0 aromatic carbocycles. The van der Waals surface area contributed by atoms with Gasteiger partial charge in [-0.15, -0.1) is 11.3 Å². The van der Waals surface area contributed by atoms with E-state index in [1.807, 2.05) is 0 Å². The van der Waals surface area contributed by atoms with Gasteiger partial charge >= 0.3 is 5.97 Å². The molecule has 1 fully saturated rings. The van der Waals surface area contributed by atoms with Crippen LogP contribution in [0.2, 0.25) is 0 Å². The van der Waals surface area contributed by atoms with Gasteiger partial charge in [0.05, 0.1) is 0 Å². The molecule has 1 unspecified atom stereocenters. The molecule has 1 saturated carbocycles. The fourth-order valence-corrected chi connectivity index (χ4v) is 2.47. The van der Waals surface area contributed by atoms with E-state index in [4.69, 9.17) is 5.11 Å². The number of anilines is 1. The van der Waals surface area contributed by atoms with Crippen molar-refractivity contribution >= 4 is 22.4 Å². The Kier molecular flexibility index (Phi) is 2.65. The molecule has 0 radical (unpaired) electrons. The lowest BCUT2D eigenvalue weighted by Gasteiger charge is -2.10. The Morgan fingerprint density at radius 1 is 1.67 bits per heavy atom. The molecule has 1 aliphatic carbocycles. The Bertz CT molecular complexity index is 385. The molecule has 0 saturated heterocycles. The zero-order chi connectivity index (χ0) is 11.0. The first kappa shape index (κ1) is 10.4. The zero-order valence-electron chi connectivity index (χ0n) is 8.78. The number of rotatable bonds is 4. The van der Waals surface area contributed by atoms with E-state index in [2.05, 4.69) is 17.2 Å². The lowest BCUT2D eigenvalue weighted by Crippen LogP contribution is -2.17. The molecular formula is C10H14N2O2S. The van der Waals surface area contributed by atoms with Gasteiger partial charge in [0.1, 0.15) is 0 Å². The van der Waals surface area contributed by atoms with Gasteiger partial charge in [0.2, 0.25) is 0 Å². The number of carboxylic acids is 1. The summed E-state index contributed by atoms with van der Waals surface area (Å²) in [5, 5.41) is 12.8. The third-order valence-corrected chi connectivity index (χ3v) is 3.58. The van der Waals surface area contributed by atoms with E-state index in [-0.39, 0.29) is 5.69 Å². The van der Waals surface area contributed by atoms with Gasteiger partial charge < -0.3 is 10.4 Å². The minimum Gasteiger partial charge on any atom is -0.476 e. The van der Waals surface area contributed by atoms with Crippen LogP contribution in [0.3, 0.4) is 0 Å². The lowest BCUT2D eigenvalue weighted by molar-refractivity contribution is 0.0690. The predicted octanol–water partition coefficient (Wildman–Crippen LogP) is 2.36. The van der Waals surface area contributed by atoms with Crippen LogP contribution in [-0.4, -0.2) is 22.1 Å². The Labute approximate surface area is 92.3 Å². The van der Waals surface area contributed by atoms with Crippen LogP contribution in [0.1, 0.15) is 35.1 Å². The van der Waals surface area contributed by atoms with Gasteiger partial charge in [-0.2, -0.15) is 0 Å². The molecule has 4 nitrogen and oxygen atoms in total. The van der Waals surface area contributed by atoms with Gasteiger partial charge in [-0.05, 0) is 32.6 Å². The molecule has 0 bridgehead atoms. The zero-order valence-corrected chi connectivity index (χ0v) is 9.60. The van der Waals surface area contributed by atoms with E-state index in [0.29, 0.717) is 6.04 Å². The normalized spacial score (nSPS) is 17.5. The van der Waals surface area contributed by atoms with Crippen LogP contribution in [0, 0.1) is 12.8 Å². The van der Waals surface area contributed by atoms with Crippen molar-refractivity contribution in [3.63, 3.8) is 0 Å². The van der Waals surface area contributed by atoms with Crippen molar-refractivity contribution in [2.75, 3.05) is 5.32 Å². The Hall–Kier alpha value is -1.10. The van der Waals surface area contributed by atoms with Gasteiger partial charge in [-0.25, -0.2) is 9.78 Å². The van der Waals surface area contributed by atoms with Crippen molar-refractivity contribution < 1.29 is 9.90 Å². The molecular weight excluding hydrogens is 212 g/mol. The summed E-state index contributed by atoms with van der Waals surface area (Å²) < 4.78 is 0. The minimum atomic E-state index is -0.948. The Morgan fingerprint density at radius 2 is 2.33 bits per heavy atom. The maximum absolute atomic E-state index is 10.8. The largest absolute Gasteiger partial charge is 0.476 e. The first-order valence-electron chi connectivity index (χ1n) is 5.05. The molecule has 82 valence electrons. The number of aromatic carboxylic acids is 1. The van der Waals surface area contributed by atoms with E-state index < -0.39 is 5.97 Å². The summed E-state index contributed by atoms with van der Waals surface area (Å²) in [6.45, 7) is 3.91. The second kappa shape index (κ2) is 3.81. The average Bonchev–Trinajstić information content (AvgIpc) is 2.91. The fraction of sp³-hybridized carbons (Fsp3) is 0.600. The summed E-state index contributed by atoms with van der Waals surface area (Å²) in [5.41, 5.74) is 0.172. The molecule has 5 heteroatoms. The maximum atomic E-state index is 10.8. The lowest BCUT2D eigenvalue weighted by atomic mass is 10.2. The molecule has 1 atom stereocenters. The van der Waals surface area contributed by atoms with Crippen molar-refractivity contribution in [3.8, 4) is 0 Å². The highest BCUT2D eigenvalue weighted by molar-refractivity contribution is 7.15. The van der Waals surface area contributed by atoms with Gasteiger partial charge in [0.25, 0.3) is 0 Å². The molecule has 15 heavy (non-hydrogen) atoms. The number of aromatic nitrogens is 1. The number of carboxylic acid groups (broad SMARTS) is 1. The topological polar surface area (TPSA) is 62.2 Å². The minimum absolute atomic E-state index is 0.172. The number of nitrogens with one attached hydrogen (secondary N) is 1. The van der Waals surface area contributed by atoms with Crippen LogP contribution in [0.4, 0.5) is 5.13 Å². The standard InChI is InChI=1S/C10H14N2O2S/c1-5(7-3-4-7)11-10-12-8(9(13)14)6(2)15-10/h5,7H,3-4H2,1-2H3,(H,11,12)(H,13,14). The van der Waals surface area contributed by atoms with Gasteiger partial charge in [-0.3, -0.25) is 0 Å². The van der Waals surface area contributed by atoms with Crippen LogP contribution < -0.4 is 5.32 Å². The molecule has 0 amide bonds. The van der Waals surface area contributed by atoms with Crippen LogP contribution in [0.5, 0.6) is 0 Å². The highest BCUT2D eigenvalue weighted by atomic mass is 32.1. The van der Waals surface area contributed by atoms with Crippen LogP contribution in [0.25, 0.3) is 0 Å². The van der Waals surface area contributed by atoms with E-state index in [1.54, 1.807) is 6.92 Å². The predicted molar refractivity (Wildman–Crippen MR) is 59.6 cm³/mol. The summed E-state index contributed by atoms with van der Waals surface area (Å²) in [7, 11) is 0. The highest BCUT2D eigenvalue weighted by Gasteiger charge is 2.28. The van der Waals surface area contributed by atoms with Crippen LogP contribution in [-0.2, 0) is 0 Å². The van der Waals surface area contributed by atoms with Crippen molar-refractivity contribution in [2.24, 2.45) is 5.92 Å². The smallest absolute Gasteiger partial charge is 0.355 e. The summed E-state index contributed by atoms with van der Waals surface area (Å²) >= 11 is 1.41. The highest BCUT2D eigenvalue weighted by Crippen LogP contribution is 2.34. The molecule has 1 heterocycles. The number of hydrogen-bond donors (Lipinski definition) is 2. The fourth-order valence-electron chi connectivity index (χ4n) is 1.57. The monoisotopic (exact) mass is 226 g/mol. The second-order valence-electron chi connectivity index (χ2n) is 4.00. The maximum Gasteiger partial charge on any atom is 0.355 e. The third-order valence-electron chi connectivity index (χ3n) is 2.68. The van der Waals surface area contributed by atoms with Crippen molar-refractivity contribution in [1.29, 1.82) is 0 Å². The Balaban J connectivity index is 2.08. The van der Waals surface area contributed by atoms with Crippen molar-refractivity contribution in [1.82, 2.24) is 4.98 Å². The molecule has 2 N–H and O–H groups in total. The first-order valence-corrected chi connectivity index (χ1v) is 5.87. The van der Waals surface area contributed by atoms with E-state index in [1.165, 1.54) is 24.2 Å². The third kappa shape index (κ3) is 2.28. The average molecular weight is 226 g/mol.